The van der Waals surface area contributed by atoms with Crippen LogP contribution in [0.1, 0.15) is 56.1 Å². The lowest BCUT2D eigenvalue weighted by molar-refractivity contribution is -0.147. The Bertz CT molecular complexity index is 935. The fraction of sp³-hybridized carbons (Fsp3) is 0.423. The van der Waals surface area contributed by atoms with Crippen LogP contribution in [0, 0.1) is 11.6 Å². The molecule has 2 fully saturated rings. The molecule has 31 heavy (non-hydrogen) atoms. The summed E-state index contributed by atoms with van der Waals surface area (Å²) in [6.45, 7) is 8.50. The number of carbonyl (C=O) groups is 1. The van der Waals surface area contributed by atoms with Gasteiger partial charge in [0.25, 0.3) is 0 Å². The second kappa shape index (κ2) is 8.91. The molecule has 0 saturated carbocycles. The molecule has 0 aromatic heterocycles. The second-order valence-corrected chi connectivity index (χ2v) is 8.65. The van der Waals surface area contributed by atoms with Crippen molar-refractivity contribution in [3.8, 4) is 0 Å². The Kier molecular flexibility index (Phi) is 6.24. The van der Waals surface area contributed by atoms with E-state index in [9.17, 15) is 13.6 Å². The minimum atomic E-state index is -0.796. The average Bonchev–Trinajstić information content (AvgIpc) is 3.09. The molecule has 0 bridgehead atoms. The molecule has 5 heteroatoms. The largest absolute Gasteiger partial charge is 0.315 e. The fourth-order valence-corrected chi connectivity index (χ4v) is 5.39. The van der Waals surface area contributed by atoms with Gasteiger partial charge in [-0.15, -0.1) is 0 Å². The van der Waals surface area contributed by atoms with Gasteiger partial charge in [0.05, 0.1) is 0 Å². The number of benzene rings is 2. The smallest absolute Gasteiger partial charge is 0.224 e. The maximum absolute atomic E-state index is 13.9. The maximum Gasteiger partial charge on any atom is 0.224 e. The summed E-state index contributed by atoms with van der Waals surface area (Å²) >= 11 is 0. The molecule has 3 nitrogen and oxygen atoms in total. The third-order valence-corrected chi connectivity index (χ3v) is 6.66. The number of hydrogen-bond donors (Lipinski definition) is 0. The summed E-state index contributed by atoms with van der Waals surface area (Å²) in [5.74, 6) is -0.753. The summed E-state index contributed by atoms with van der Waals surface area (Å²) in [4.78, 5) is 17.8. The van der Waals surface area contributed by atoms with Gasteiger partial charge in [0, 0.05) is 32.0 Å². The van der Waals surface area contributed by atoms with Crippen molar-refractivity contribution in [2.75, 3.05) is 19.6 Å². The van der Waals surface area contributed by atoms with E-state index in [-0.39, 0.29) is 23.5 Å². The van der Waals surface area contributed by atoms with Gasteiger partial charge in [-0.25, -0.2) is 8.78 Å². The maximum atomic E-state index is 13.9. The minimum Gasteiger partial charge on any atom is -0.315 e. The minimum absolute atomic E-state index is 0.0724. The molecule has 164 valence electrons. The van der Waals surface area contributed by atoms with Crippen LogP contribution in [0.2, 0.25) is 0 Å². The topological polar surface area (TPSA) is 23.6 Å². The van der Waals surface area contributed by atoms with Crippen LogP contribution in [0.4, 0.5) is 8.78 Å². The Labute approximate surface area is 183 Å². The van der Waals surface area contributed by atoms with Crippen molar-refractivity contribution in [2.24, 2.45) is 0 Å². The summed E-state index contributed by atoms with van der Waals surface area (Å²) in [6.07, 6.45) is 4.44. The van der Waals surface area contributed by atoms with Crippen LogP contribution in [0.15, 0.2) is 60.7 Å². The highest BCUT2D eigenvalue weighted by Crippen LogP contribution is 2.54. The number of carbonyl (C=O) groups excluding carboxylic acids is 1. The first kappa shape index (κ1) is 21.7. The molecule has 0 aliphatic carbocycles. The van der Waals surface area contributed by atoms with Gasteiger partial charge in [0.2, 0.25) is 5.91 Å². The van der Waals surface area contributed by atoms with E-state index in [1.165, 1.54) is 24.3 Å². The van der Waals surface area contributed by atoms with Crippen LogP contribution in [0.3, 0.4) is 0 Å². The van der Waals surface area contributed by atoms with Crippen LogP contribution in [-0.2, 0) is 10.5 Å². The molecule has 2 saturated heterocycles. The Balaban J connectivity index is 1.96. The predicted molar refractivity (Wildman–Crippen MR) is 118 cm³/mol. The van der Waals surface area contributed by atoms with Gasteiger partial charge in [0.1, 0.15) is 17.3 Å². The summed E-state index contributed by atoms with van der Waals surface area (Å²) in [7, 11) is 0. The zero-order valence-corrected chi connectivity index (χ0v) is 18.1. The van der Waals surface area contributed by atoms with Gasteiger partial charge in [-0.3, -0.25) is 9.69 Å². The first-order valence-electron chi connectivity index (χ1n) is 11.2. The molecule has 2 unspecified atom stereocenters. The van der Waals surface area contributed by atoms with Gasteiger partial charge in [0.15, 0.2) is 0 Å². The predicted octanol–water partition coefficient (Wildman–Crippen LogP) is 5.59. The van der Waals surface area contributed by atoms with Crippen molar-refractivity contribution in [2.45, 2.75) is 50.6 Å². The first-order valence-corrected chi connectivity index (χ1v) is 11.2. The van der Waals surface area contributed by atoms with E-state index in [0.29, 0.717) is 13.0 Å². The van der Waals surface area contributed by atoms with Crippen molar-refractivity contribution < 1.29 is 13.6 Å². The molecule has 2 aliphatic rings. The zero-order valence-electron chi connectivity index (χ0n) is 18.1. The Morgan fingerprint density at radius 2 is 1.58 bits per heavy atom. The Morgan fingerprint density at radius 3 is 2.16 bits per heavy atom. The monoisotopic (exact) mass is 424 g/mol. The van der Waals surface area contributed by atoms with E-state index in [2.05, 4.69) is 11.5 Å². The van der Waals surface area contributed by atoms with E-state index in [1.807, 2.05) is 11.8 Å². The quantitative estimate of drug-likeness (QED) is 0.585. The van der Waals surface area contributed by atoms with Crippen LogP contribution < -0.4 is 0 Å². The Morgan fingerprint density at radius 1 is 1.00 bits per heavy atom. The van der Waals surface area contributed by atoms with Gasteiger partial charge in [-0.05, 0) is 60.2 Å². The number of piperidine rings is 1. The molecule has 0 N–H and O–H groups in total. The molecular formula is C26H30F2N2O. The number of likely N-dealkylation sites (tertiary alicyclic amines) is 2. The molecule has 0 radical (unpaired) electrons. The first-order chi connectivity index (χ1) is 15.0. The molecule has 4 rings (SSSR count). The number of rotatable bonds is 5. The third-order valence-electron chi connectivity index (χ3n) is 6.66. The molecule has 1 amide bonds. The van der Waals surface area contributed by atoms with Crippen LogP contribution in [0.25, 0.3) is 0 Å². The standard InChI is InChI=1S/C26H30F2N2O/c1-3-7-24(31)30-18-19(2)25(20-8-12-22(27)13-9-20)26(30,29-16-5-4-6-17-29)21-10-14-23(28)15-11-21/h8-15,25H,2-7,16-18H2,1H3. The van der Waals surface area contributed by atoms with Gasteiger partial charge < -0.3 is 4.90 Å². The van der Waals surface area contributed by atoms with Gasteiger partial charge >= 0.3 is 0 Å². The summed E-state index contributed by atoms with van der Waals surface area (Å²) in [6, 6.07) is 13.0. The van der Waals surface area contributed by atoms with Gasteiger partial charge in [-0.2, -0.15) is 0 Å². The molecule has 2 heterocycles. The number of amides is 1. The SMILES string of the molecule is C=C1CN(C(=O)CCC)C(c2ccc(F)cc2)(N2CCCCC2)C1c1ccc(F)cc1. The lowest BCUT2D eigenvalue weighted by Crippen LogP contribution is -2.60. The van der Waals surface area contributed by atoms with Crippen molar-refractivity contribution in [1.82, 2.24) is 9.80 Å². The van der Waals surface area contributed by atoms with Crippen LogP contribution in [-0.4, -0.2) is 35.3 Å². The zero-order chi connectivity index (χ0) is 22.0. The summed E-state index contributed by atoms with van der Waals surface area (Å²) in [5, 5.41) is 0. The molecule has 2 aromatic rings. The molecule has 2 atom stereocenters. The molecule has 2 aromatic carbocycles. The van der Waals surface area contributed by atoms with Crippen LogP contribution >= 0.6 is 0 Å². The molecule has 0 spiro atoms. The highest BCUT2D eigenvalue weighted by Gasteiger charge is 2.57. The highest BCUT2D eigenvalue weighted by molar-refractivity contribution is 5.79. The van der Waals surface area contributed by atoms with E-state index in [0.717, 1.165) is 55.5 Å². The molecule has 2 aliphatic heterocycles. The van der Waals surface area contributed by atoms with Crippen molar-refractivity contribution in [1.29, 1.82) is 0 Å². The second-order valence-electron chi connectivity index (χ2n) is 8.65. The third kappa shape index (κ3) is 3.80. The van der Waals surface area contributed by atoms with E-state index >= 15 is 0 Å². The number of halogens is 2. The Hall–Kier alpha value is -2.53. The van der Waals surface area contributed by atoms with E-state index in [1.54, 1.807) is 24.3 Å². The molecular weight excluding hydrogens is 394 g/mol. The summed E-state index contributed by atoms with van der Waals surface area (Å²) in [5.41, 5.74) is 1.93. The lowest BCUT2D eigenvalue weighted by Gasteiger charge is -2.52. The fourth-order valence-electron chi connectivity index (χ4n) is 5.39. The van der Waals surface area contributed by atoms with E-state index < -0.39 is 5.66 Å². The van der Waals surface area contributed by atoms with E-state index in [4.69, 9.17) is 0 Å². The highest BCUT2D eigenvalue weighted by atomic mass is 19.1. The van der Waals surface area contributed by atoms with Crippen molar-refractivity contribution in [3.05, 3.63) is 83.4 Å². The lowest BCUT2D eigenvalue weighted by atomic mass is 9.77. The average molecular weight is 425 g/mol. The number of hydrogen-bond acceptors (Lipinski definition) is 2. The van der Waals surface area contributed by atoms with Gasteiger partial charge in [-0.1, -0.05) is 44.2 Å². The normalized spacial score (nSPS) is 24.5. The summed E-state index contributed by atoms with van der Waals surface area (Å²) < 4.78 is 27.7. The van der Waals surface area contributed by atoms with Crippen molar-refractivity contribution in [3.63, 3.8) is 0 Å². The number of nitrogens with zero attached hydrogens (tertiary/aromatic N) is 2. The van der Waals surface area contributed by atoms with Crippen molar-refractivity contribution >= 4 is 5.91 Å². The van der Waals surface area contributed by atoms with Crippen LogP contribution in [0.5, 0.6) is 0 Å².